The number of benzene rings is 3. The molecule has 1 fully saturated rings. The lowest BCUT2D eigenvalue weighted by molar-refractivity contribution is 0.0240. The fourth-order valence-electron chi connectivity index (χ4n) is 5.51. The Balaban J connectivity index is 1.44. The number of aryl methyl sites for hydroxylation is 1. The highest BCUT2D eigenvalue weighted by Crippen LogP contribution is 2.32. The van der Waals surface area contributed by atoms with Crippen LogP contribution in [0.1, 0.15) is 54.9 Å². The minimum atomic E-state index is -4.02. The van der Waals surface area contributed by atoms with Gasteiger partial charge in [-0.3, -0.25) is 0 Å². The van der Waals surface area contributed by atoms with Crippen LogP contribution in [-0.2, 0) is 32.6 Å². The average molecular weight is 648 g/mol. The second kappa shape index (κ2) is 13.6. The molecular weight excluding hydrogens is 606 g/mol. The van der Waals surface area contributed by atoms with Crippen molar-refractivity contribution >= 4 is 38.7 Å². The van der Waals surface area contributed by atoms with Crippen molar-refractivity contribution in [3.63, 3.8) is 0 Å². The SMILES string of the molecule is CCOC(=O)c1oc2ccc(S(=O)(=O)N(Cc3ccccc3)Cc3ccccc3N3CCN(C(=O)OC(C)(C)C)CC3)cc2c1C. The van der Waals surface area contributed by atoms with Crippen molar-refractivity contribution in [3.05, 3.63) is 95.2 Å². The first-order chi connectivity index (χ1) is 21.9. The van der Waals surface area contributed by atoms with Crippen molar-refractivity contribution in [1.29, 1.82) is 0 Å². The Bertz CT molecular complexity index is 1800. The third-order valence-corrected chi connectivity index (χ3v) is 9.61. The molecule has 10 nitrogen and oxygen atoms in total. The number of piperazine rings is 1. The molecule has 0 atom stereocenters. The molecule has 1 aromatic heterocycles. The summed E-state index contributed by atoms with van der Waals surface area (Å²) in [5, 5.41) is 0.534. The molecule has 0 spiro atoms. The normalized spacial score (nSPS) is 14.1. The van der Waals surface area contributed by atoms with Crippen LogP contribution >= 0.6 is 0 Å². The van der Waals surface area contributed by atoms with Crippen LogP contribution in [0.25, 0.3) is 11.0 Å². The lowest BCUT2D eigenvalue weighted by Gasteiger charge is -2.38. The van der Waals surface area contributed by atoms with Crippen LogP contribution < -0.4 is 4.90 Å². The van der Waals surface area contributed by atoms with E-state index < -0.39 is 21.6 Å². The Labute approximate surface area is 270 Å². The summed E-state index contributed by atoms with van der Waals surface area (Å²) in [5.74, 6) is -0.525. The number of carbonyl (C=O) groups excluding carboxylic acids is 2. The zero-order valence-corrected chi connectivity index (χ0v) is 27.8. The molecule has 1 aliphatic heterocycles. The Hall–Kier alpha value is -4.35. The molecule has 1 saturated heterocycles. The molecule has 0 unspecified atom stereocenters. The lowest BCUT2D eigenvalue weighted by atomic mass is 10.1. The van der Waals surface area contributed by atoms with Crippen molar-refractivity contribution in [2.24, 2.45) is 0 Å². The summed E-state index contributed by atoms with van der Waals surface area (Å²) in [6, 6.07) is 21.9. The fraction of sp³-hybridized carbons (Fsp3) is 0.371. The van der Waals surface area contributed by atoms with Gasteiger partial charge in [-0.15, -0.1) is 0 Å². The van der Waals surface area contributed by atoms with Crippen LogP contribution in [0.5, 0.6) is 0 Å². The van der Waals surface area contributed by atoms with Gasteiger partial charge in [-0.1, -0.05) is 48.5 Å². The summed E-state index contributed by atoms with van der Waals surface area (Å²) in [5.41, 5.74) is 2.97. The molecule has 0 saturated carbocycles. The summed E-state index contributed by atoms with van der Waals surface area (Å²) >= 11 is 0. The zero-order valence-electron chi connectivity index (χ0n) is 27.0. The van der Waals surface area contributed by atoms with Crippen molar-refractivity contribution in [3.8, 4) is 0 Å². The minimum absolute atomic E-state index is 0.0632. The number of carbonyl (C=O) groups is 2. The maximum Gasteiger partial charge on any atom is 0.410 e. The van der Waals surface area contributed by atoms with Gasteiger partial charge in [0.05, 0.1) is 11.5 Å². The number of fused-ring (bicyclic) bond motifs is 1. The minimum Gasteiger partial charge on any atom is -0.460 e. The highest BCUT2D eigenvalue weighted by molar-refractivity contribution is 7.89. The Morgan fingerprint density at radius 2 is 1.59 bits per heavy atom. The van der Waals surface area contributed by atoms with Gasteiger partial charge < -0.3 is 23.7 Å². The number of para-hydroxylation sites is 1. The largest absolute Gasteiger partial charge is 0.460 e. The van der Waals surface area contributed by atoms with Gasteiger partial charge in [0.15, 0.2) is 0 Å². The number of esters is 1. The van der Waals surface area contributed by atoms with E-state index in [1.54, 1.807) is 30.9 Å². The number of amides is 1. The zero-order chi connectivity index (χ0) is 33.1. The van der Waals surface area contributed by atoms with Crippen LogP contribution in [0, 0.1) is 6.92 Å². The van der Waals surface area contributed by atoms with E-state index in [2.05, 4.69) is 4.90 Å². The van der Waals surface area contributed by atoms with E-state index in [-0.39, 0.29) is 36.4 Å². The van der Waals surface area contributed by atoms with Crippen LogP contribution in [0.3, 0.4) is 0 Å². The van der Waals surface area contributed by atoms with Gasteiger partial charge in [0.1, 0.15) is 11.2 Å². The smallest absolute Gasteiger partial charge is 0.410 e. The highest BCUT2D eigenvalue weighted by Gasteiger charge is 2.30. The summed E-state index contributed by atoms with van der Waals surface area (Å²) < 4.78 is 46.7. The number of nitrogens with zero attached hydrogens (tertiary/aromatic N) is 3. The molecule has 244 valence electrons. The third-order valence-electron chi connectivity index (χ3n) is 7.82. The van der Waals surface area contributed by atoms with Crippen LogP contribution in [0.2, 0.25) is 0 Å². The molecule has 3 aromatic carbocycles. The summed E-state index contributed by atoms with van der Waals surface area (Å²) in [6.45, 7) is 11.6. The van der Waals surface area contributed by atoms with E-state index in [9.17, 15) is 18.0 Å². The number of hydrogen-bond acceptors (Lipinski definition) is 8. The molecule has 0 N–H and O–H groups in total. The molecule has 0 radical (unpaired) electrons. The molecule has 11 heteroatoms. The van der Waals surface area contributed by atoms with Crippen molar-refractivity contribution in [1.82, 2.24) is 9.21 Å². The maximum absolute atomic E-state index is 14.4. The predicted octanol–water partition coefficient (Wildman–Crippen LogP) is 6.37. The molecule has 5 rings (SSSR count). The van der Waals surface area contributed by atoms with Crippen LogP contribution in [0.15, 0.2) is 82.1 Å². The molecular formula is C35H41N3O7S. The van der Waals surface area contributed by atoms with E-state index >= 15 is 0 Å². The number of ether oxygens (including phenoxy) is 2. The third kappa shape index (κ3) is 7.37. The average Bonchev–Trinajstić information content (AvgIpc) is 3.36. The molecule has 0 aliphatic carbocycles. The first kappa shape index (κ1) is 33.0. The van der Waals surface area contributed by atoms with Gasteiger partial charge in [-0.25, -0.2) is 18.0 Å². The lowest BCUT2D eigenvalue weighted by Crippen LogP contribution is -2.50. The molecule has 1 aliphatic rings. The van der Waals surface area contributed by atoms with Crippen molar-refractivity contribution in [2.45, 2.75) is 58.2 Å². The van der Waals surface area contributed by atoms with E-state index in [0.717, 1.165) is 16.8 Å². The number of anilines is 1. The van der Waals surface area contributed by atoms with E-state index in [0.29, 0.717) is 42.7 Å². The van der Waals surface area contributed by atoms with Gasteiger partial charge >= 0.3 is 12.1 Å². The fourth-order valence-corrected chi connectivity index (χ4v) is 6.95. The standard InChI is InChI=1S/C35H41N3O7S/c1-6-43-33(39)32-25(2)29-22-28(16-17-31(29)44-32)46(41,42)38(23-26-12-8-7-9-13-26)24-27-14-10-11-15-30(27)36-18-20-37(21-19-36)34(40)45-35(3,4)5/h7-17,22H,6,18-21,23-24H2,1-5H3. The number of hydrogen-bond donors (Lipinski definition) is 0. The molecule has 46 heavy (non-hydrogen) atoms. The Kier molecular flexibility index (Phi) is 9.74. The monoisotopic (exact) mass is 647 g/mol. The Morgan fingerprint density at radius 3 is 2.26 bits per heavy atom. The van der Waals surface area contributed by atoms with Gasteiger partial charge in [0.25, 0.3) is 0 Å². The maximum atomic E-state index is 14.4. The second-order valence-electron chi connectivity index (χ2n) is 12.3. The number of sulfonamides is 1. The molecule has 1 amide bonds. The topological polar surface area (TPSA) is 110 Å². The van der Waals surface area contributed by atoms with Crippen molar-refractivity contribution < 1.29 is 31.9 Å². The van der Waals surface area contributed by atoms with E-state index in [4.69, 9.17) is 13.9 Å². The van der Waals surface area contributed by atoms with Crippen molar-refractivity contribution in [2.75, 3.05) is 37.7 Å². The Morgan fingerprint density at radius 1 is 0.913 bits per heavy atom. The number of rotatable bonds is 9. The second-order valence-corrected chi connectivity index (χ2v) is 14.2. The van der Waals surface area contributed by atoms with Gasteiger partial charge in [0, 0.05) is 55.9 Å². The molecule has 2 heterocycles. The van der Waals surface area contributed by atoms with E-state index in [1.807, 2.05) is 75.4 Å². The molecule has 4 aromatic rings. The van der Waals surface area contributed by atoms with E-state index in [1.165, 1.54) is 10.4 Å². The first-order valence-electron chi connectivity index (χ1n) is 15.4. The number of furan rings is 1. The van der Waals surface area contributed by atoms with Gasteiger partial charge in [-0.2, -0.15) is 4.31 Å². The predicted molar refractivity (Wildman–Crippen MR) is 176 cm³/mol. The highest BCUT2D eigenvalue weighted by atomic mass is 32.2. The quantitative estimate of drug-likeness (QED) is 0.193. The summed E-state index contributed by atoms with van der Waals surface area (Å²) in [6.07, 6.45) is -0.334. The first-order valence-corrected chi connectivity index (χ1v) is 16.9. The molecule has 0 bridgehead atoms. The van der Waals surface area contributed by atoms with Gasteiger partial charge in [0.2, 0.25) is 15.8 Å². The van der Waals surface area contributed by atoms with Crippen LogP contribution in [0.4, 0.5) is 10.5 Å². The summed E-state index contributed by atoms with van der Waals surface area (Å²) in [7, 11) is -4.02. The summed E-state index contributed by atoms with van der Waals surface area (Å²) in [4.78, 5) is 29.1. The van der Waals surface area contributed by atoms with Crippen LogP contribution in [-0.4, -0.2) is 68.1 Å². The van der Waals surface area contributed by atoms with Gasteiger partial charge in [-0.05, 0) is 70.0 Å².